The zero-order chi connectivity index (χ0) is 9.45. The van der Waals surface area contributed by atoms with Crippen molar-refractivity contribution in [3.8, 4) is 24.2 Å². The van der Waals surface area contributed by atoms with Crippen LogP contribution in [0.25, 0.3) is 0 Å². The minimum atomic E-state index is -1.54. The Morgan fingerprint density at radius 1 is 1.58 bits per heavy atom. The summed E-state index contributed by atoms with van der Waals surface area (Å²) >= 11 is 0. The number of hydrogen-bond donors (Lipinski definition) is 0. The normalized spacial score (nSPS) is 9.42. The predicted octanol–water partition coefficient (Wildman–Crippen LogP) is 2.03. The first-order valence-electron chi connectivity index (χ1n) is 3.81. The molecule has 0 spiro atoms. The zero-order valence-electron chi connectivity index (χ0n) is 7.68. The van der Waals surface area contributed by atoms with Gasteiger partial charge in [-0.1, -0.05) is 12.0 Å². The molecular weight excluding hydrogens is 164 g/mol. The Kier molecular flexibility index (Phi) is 5.20. The maximum Gasteiger partial charge on any atom is 0.191 e. The van der Waals surface area contributed by atoms with Gasteiger partial charge in [-0.2, -0.15) is 0 Å². The second-order valence-corrected chi connectivity index (χ2v) is 7.20. The lowest BCUT2D eigenvalue weighted by Crippen LogP contribution is -2.29. The van der Waals surface area contributed by atoms with Crippen molar-refractivity contribution in [1.29, 1.82) is 0 Å². The highest BCUT2D eigenvalue weighted by Crippen LogP contribution is 2.10. The summed E-state index contributed by atoms with van der Waals surface area (Å²) in [7, 11) is -1.54. The van der Waals surface area contributed by atoms with Crippen molar-refractivity contribution < 1.29 is 4.43 Å². The van der Waals surface area contributed by atoms with Crippen molar-refractivity contribution in [2.75, 3.05) is 6.61 Å². The Morgan fingerprint density at radius 3 is 2.75 bits per heavy atom. The van der Waals surface area contributed by atoms with Crippen molar-refractivity contribution in [1.82, 2.24) is 0 Å². The van der Waals surface area contributed by atoms with E-state index in [1.165, 1.54) is 0 Å². The first-order valence-corrected chi connectivity index (χ1v) is 6.92. The van der Waals surface area contributed by atoms with E-state index in [0.29, 0.717) is 6.61 Å². The van der Waals surface area contributed by atoms with Crippen molar-refractivity contribution in [2.45, 2.75) is 19.1 Å². The Morgan fingerprint density at radius 2 is 2.25 bits per heavy atom. The van der Waals surface area contributed by atoms with Gasteiger partial charge in [-0.15, -0.1) is 13.0 Å². The van der Waals surface area contributed by atoms with Gasteiger partial charge in [0.2, 0.25) is 0 Å². The van der Waals surface area contributed by atoms with E-state index in [9.17, 15) is 0 Å². The standard InChI is InChI=1S/C10H14OSi/c1-5-7-8-9-11-12(3,4)10-6-2/h1,6H,2,9-10H2,3-4H3. The average Bonchev–Trinajstić information content (AvgIpc) is 1.98. The molecule has 0 saturated carbocycles. The van der Waals surface area contributed by atoms with Crippen LogP contribution in [0.15, 0.2) is 12.7 Å². The molecule has 0 aromatic carbocycles. The summed E-state index contributed by atoms with van der Waals surface area (Å²) in [5, 5.41) is 0. The predicted molar refractivity (Wildman–Crippen MR) is 55.0 cm³/mol. The Hall–Kier alpha value is -0.963. The third kappa shape index (κ3) is 5.79. The summed E-state index contributed by atoms with van der Waals surface area (Å²) in [4.78, 5) is 0. The van der Waals surface area contributed by atoms with Crippen LogP contribution in [-0.2, 0) is 4.43 Å². The zero-order valence-corrected chi connectivity index (χ0v) is 8.68. The lowest BCUT2D eigenvalue weighted by molar-refractivity contribution is 0.362. The lowest BCUT2D eigenvalue weighted by atomic mass is 10.6. The SMILES string of the molecule is C#CC#CCO[Si](C)(C)CC=C. The van der Waals surface area contributed by atoms with E-state index in [1.807, 2.05) is 6.08 Å². The summed E-state index contributed by atoms with van der Waals surface area (Å²) in [6.07, 6.45) is 6.84. The van der Waals surface area contributed by atoms with Crippen LogP contribution in [0.2, 0.25) is 19.1 Å². The quantitative estimate of drug-likeness (QED) is 0.363. The molecule has 0 aliphatic heterocycles. The molecule has 0 saturated heterocycles. The van der Waals surface area contributed by atoms with E-state index in [-0.39, 0.29) is 0 Å². The molecule has 0 aliphatic rings. The molecule has 12 heavy (non-hydrogen) atoms. The topological polar surface area (TPSA) is 9.23 Å². The van der Waals surface area contributed by atoms with Gasteiger partial charge in [0.1, 0.15) is 0 Å². The van der Waals surface area contributed by atoms with Gasteiger partial charge >= 0.3 is 0 Å². The second kappa shape index (κ2) is 5.66. The van der Waals surface area contributed by atoms with Crippen LogP contribution in [0.5, 0.6) is 0 Å². The average molecular weight is 178 g/mol. The Balaban J connectivity index is 3.76. The van der Waals surface area contributed by atoms with Gasteiger partial charge in [0.15, 0.2) is 8.32 Å². The molecule has 0 heterocycles. The molecule has 0 bridgehead atoms. The summed E-state index contributed by atoms with van der Waals surface area (Å²) in [6.45, 7) is 8.38. The highest BCUT2D eigenvalue weighted by Gasteiger charge is 2.19. The highest BCUT2D eigenvalue weighted by atomic mass is 28.4. The number of rotatable bonds is 4. The van der Waals surface area contributed by atoms with Crippen molar-refractivity contribution >= 4 is 8.32 Å². The molecule has 0 atom stereocenters. The molecule has 0 aromatic heterocycles. The molecule has 0 unspecified atom stereocenters. The van der Waals surface area contributed by atoms with Gasteiger partial charge in [0.25, 0.3) is 0 Å². The smallest absolute Gasteiger partial charge is 0.191 e. The number of allylic oxidation sites excluding steroid dienone is 1. The maximum absolute atomic E-state index is 5.57. The largest absolute Gasteiger partial charge is 0.406 e. The van der Waals surface area contributed by atoms with Gasteiger partial charge in [0.05, 0.1) is 6.61 Å². The molecular formula is C10H14OSi. The number of hydrogen-bond acceptors (Lipinski definition) is 1. The fourth-order valence-electron chi connectivity index (χ4n) is 0.725. The molecule has 0 radical (unpaired) electrons. The Labute approximate surface area is 76.0 Å². The molecule has 0 rings (SSSR count). The summed E-state index contributed by atoms with van der Waals surface area (Å²) in [5.74, 6) is 7.49. The molecule has 0 fully saturated rings. The van der Waals surface area contributed by atoms with Crippen LogP contribution in [0, 0.1) is 24.2 Å². The second-order valence-electron chi connectivity index (χ2n) is 2.99. The fourth-order valence-corrected chi connectivity index (χ4v) is 2.00. The van der Waals surface area contributed by atoms with E-state index in [2.05, 4.69) is 37.4 Å². The molecule has 64 valence electrons. The highest BCUT2D eigenvalue weighted by molar-refractivity contribution is 6.71. The molecule has 2 heteroatoms. The van der Waals surface area contributed by atoms with Crippen LogP contribution in [-0.4, -0.2) is 14.9 Å². The molecule has 0 N–H and O–H groups in total. The van der Waals surface area contributed by atoms with Crippen LogP contribution in [0.3, 0.4) is 0 Å². The third-order valence-corrected chi connectivity index (χ3v) is 3.53. The van der Waals surface area contributed by atoms with Crippen molar-refractivity contribution in [3.63, 3.8) is 0 Å². The lowest BCUT2D eigenvalue weighted by Gasteiger charge is -2.18. The summed E-state index contributed by atoms with van der Waals surface area (Å²) < 4.78 is 5.57. The van der Waals surface area contributed by atoms with E-state index >= 15 is 0 Å². The minimum Gasteiger partial charge on any atom is -0.406 e. The van der Waals surface area contributed by atoms with Crippen LogP contribution < -0.4 is 0 Å². The number of terminal acetylenes is 1. The van der Waals surface area contributed by atoms with Gasteiger partial charge in [-0.05, 0) is 31.0 Å². The maximum atomic E-state index is 5.57. The van der Waals surface area contributed by atoms with Gasteiger partial charge in [-0.3, -0.25) is 0 Å². The van der Waals surface area contributed by atoms with Crippen molar-refractivity contribution in [2.24, 2.45) is 0 Å². The Bertz CT molecular complexity index is 237. The van der Waals surface area contributed by atoms with Gasteiger partial charge in [-0.25, -0.2) is 0 Å². The van der Waals surface area contributed by atoms with E-state index in [0.717, 1.165) is 6.04 Å². The van der Waals surface area contributed by atoms with Gasteiger partial charge < -0.3 is 4.43 Å². The molecule has 0 aromatic rings. The van der Waals surface area contributed by atoms with E-state index < -0.39 is 8.32 Å². The first-order chi connectivity index (χ1) is 5.62. The molecule has 0 aliphatic carbocycles. The van der Waals surface area contributed by atoms with E-state index in [1.54, 1.807) is 0 Å². The van der Waals surface area contributed by atoms with Crippen LogP contribution >= 0.6 is 0 Å². The third-order valence-electron chi connectivity index (χ3n) is 1.33. The van der Waals surface area contributed by atoms with Crippen LogP contribution in [0.4, 0.5) is 0 Å². The van der Waals surface area contributed by atoms with Gasteiger partial charge in [0, 0.05) is 0 Å². The summed E-state index contributed by atoms with van der Waals surface area (Å²) in [6, 6.07) is 0.949. The minimum absolute atomic E-state index is 0.442. The monoisotopic (exact) mass is 178 g/mol. The molecule has 0 amide bonds. The fraction of sp³-hybridized carbons (Fsp3) is 0.400. The van der Waals surface area contributed by atoms with Crippen LogP contribution in [0.1, 0.15) is 0 Å². The first kappa shape index (κ1) is 11.0. The summed E-state index contributed by atoms with van der Waals surface area (Å²) in [5.41, 5.74) is 0. The van der Waals surface area contributed by atoms with E-state index in [4.69, 9.17) is 10.8 Å². The van der Waals surface area contributed by atoms with Crippen molar-refractivity contribution in [3.05, 3.63) is 12.7 Å². The molecule has 1 nitrogen and oxygen atoms in total.